The zero-order valence-corrected chi connectivity index (χ0v) is 20.8. The van der Waals surface area contributed by atoms with Gasteiger partial charge in [-0.15, -0.1) is 0 Å². The molecule has 7 nitrogen and oxygen atoms in total. The first kappa shape index (κ1) is 27.3. The predicted octanol–water partition coefficient (Wildman–Crippen LogP) is 3.94. The van der Waals surface area contributed by atoms with Gasteiger partial charge in [0.25, 0.3) is 0 Å². The van der Waals surface area contributed by atoms with Crippen LogP contribution in [0.5, 0.6) is 5.75 Å². The molecule has 0 aliphatic rings. The molecule has 0 aliphatic heterocycles. The zero-order chi connectivity index (χ0) is 26.0. The molecule has 0 aromatic heterocycles. The molecule has 1 N–H and O–H groups in total. The van der Waals surface area contributed by atoms with Gasteiger partial charge in [-0.1, -0.05) is 12.1 Å². The van der Waals surface area contributed by atoms with Crippen LogP contribution in [0.3, 0.4) is 0 Å². The number of likely N-dealkylation sites (N-methyl/N-ethyl adjacent to an activating group) is 1. The highest BCUT2D eigenvalue weighted by Crippen LogP contribution is 2.36. The molecule has 0 aliphatic carbocycles. The summed E-state index contributed by atoms with van der Waals surface area (Å²) < 4.78 is 20.2. The molecule has 0 spiro atoms. The lowest BCUT2D eigenvalue weighted by molar-refractivity contribution is -0.113. The van der Waals surface area contributed by atoms with E-state index in [1.54, 1.807) is 44.2 Å². The summed E-state index contributed by atoms with van der Waals surface area (Å²) in [5.74, 6) is -0.246. The Balaban J connectivity index is 2.62. The highest BCUT2D eigenvalue weighted by Gasteiger charge is 2.19. The van der Waals surface area contributed by atoms with E-state index in [4.69, 9.17) is 10.00 Å². The van der Waals surface area contributed by atoms with Gasteiger partial charge >= 0.3 is 0 Å². The van der Waals surface area contributed by atoms with Crippen LogP contribution in [-0.2, 0) is 9.59 Å². The topological polar surface area (TPSA) is 85.7 Å². The van der Waals surface area contributed by atoms with Gasteiger partial charge in [0.2, 0.25) is 0 Å². The summed E-state index contributed by atoms with van der Waals surface area (Å²) >= 11 is 0. The number of anilines is 2. The van der Waals surface area contributed by atoms with Crippen LogP contribution in [0.25, 0.3) is 5.70 Å². The number of ketones is 1. The minimum absolute atomic E-state index is 0.0626. The van der Waals surface area contributed by atoms with Crippen molar-refractivity contribution in [3.63, 3.8) is 0 Å². The SMILES string of the molecule is C/C=C(\C=C(\c1ccc(C#N)c(F)c1)N(C)c1ccc(N(CC=O)CCNC)cc1OC)C(C)=O. The van der Waals surface area contributed by atoms with Crippen LogP contribution in [0, 0.1) is 17.1 Å². The van der Waals surface area contributed by atoms with Crippen LogP contribution in [0.15, 0.2) is 54.1 Å². The number of carbonyl (C=O) groups is 2. The number of nitrogens with one attached hydrogen (secondary N) is 1. The fraction of sp³-hybridized carbons (Fsp3) is 0.296. The number of allylic oxidation sites excluding steroid dienone is 3. The van der Waals surface area contributed by atoms with Gasteiger partial charge in [0.1, 0.15) is 23.9 Å². The molecule has 0 saturated heterocycles. The molecule has 184 valence electrons. The summed E-state index contributed by atoms with van der Waals surface area (Å²) in [6.45, 7) is 4.79. The maximum Gasteiger partial charge on any atom is 0.159 e. The summed E-state index contributed by atoms with van der Waals surface area (Å²) in [4.78, 5) is 27.1. The third kappa shape index (κ3) is 6.78. The van der Waals surface area contributed by atoms with Crippen LogP contribution < -0.4 is 19.9 Å². The Morgan fingerprint density at radius 3 is 2.54 bits per heavy atom. The first-order valence-corrected chi connectivity index (χ1v) is 11.1. The van der Waals surface area contributed by atoms with E-state index in [-0.39, 0.29) is 17.9 Å². The average molecular weight is 479 g/mol. The molecule has 2 rings (SSSR count). The van der Waals surface area contributed by atoms with E-state index in [1.807, 2.05) is 36.2 Å². The number of aldehydes is 1. The van der Waals surface area contributed by atoms with Gasteiger partial charge < -0.3 is 24.6 Å². The van der Waals surface area contributed by atoms with Gasteiger partial charge in [0, 0.05) is 48.7 Å². The second-order valence-electron chi connectivity index (χ2n) is 7.77. The molecule has 8 heteroatoms. The van der Waals surface area contributed by atoms with E-state index in [9.17, 15) is 14.0 Å². The lowest BCUT2D eigenvalue weighted by Crippen LogP contribution is -2.32. The molecular formula is C27H31FN4O3. The largest absolute Gasteiger partial charge is 0.494 e. The van der Waals surface area contributed by atoms with Crippen molar-refractivity contribution in [1.29, 1.82) is 5.26 Å². The smallest absolute Gasteiger partial charge is 0.159 e. The van der Waals surface area contributed by atoms with Gasteiger partial charge in [0.05, 0.1) is 24.9 Å². The molecule has 0 heterocycles. The lowest BCUT2D eigenvalue weighted by Gasteiger charge is -2.28. The Labute approximate surface area is 206 Å². The standard InChI is InChI=1S/C27H31FN4O3/c1-6-20(19(2)34)16-26(21-7-8-22(18-29)24(28)15-21)31(4)25-10-9-23(17-27(25)35-5)32(13-14-33)12-11-30-3/h6-10,14-17,30H,11-13H2,1-5H3/b20-6+,26-16-. The Morgan fingerprint density at radius 1 is 1.26 bits per heavy atom. The monoisotopic (exact) mass is 478 g/mol. The number of hydrogen-bond acceptors (Lipinski definition) is 7. The molecule has 0 radical (unpaired) electrons. The molecule has 35 heavy (non-hydrogen) atoms. The van der Waals surface area contributed by atoms with Gasteiger partial charge in [-0.2, -0.15) is 5.26 Å². The minimum atomic E-state index is -0.648. The van der Waals surface area contributed by atoms with Crippen molar-refractivity contribution in [2.24, 2.45) is 0 Å². The van der Waals surface area contributed by atoms with Crippen LogP contribution >= 0.6 is 0 Å². The number of nitriles is 1. The fourth-order valence-corrected chi connectivity index (χ4v) is 3.61. The van der Waals surface area contributed by atoms with Crippen LogP contribution in [0.4, 0.5) is 15.8 Å². The van der Waals surface area contributed by atoms with Gasteiger partial charge in [-0.05, 0) is 51.2 Å². The molecule has 0 amide bonds. The summed E-state index contributed by atoms with van der Waals surface area (Å²) in [6, 6.07) is 11.7. The van der Waals surface area contributed by atoms with Crippen LogP contribution in [-0.4, -0.2) is 52.9 Å². The summed E-state index contributed by atoms with van der Waals surface area (Å²) in [5, 5.41) is 12.2. The molecule has 0 atom stereocenters. The number of nitrogens with zero attached hydrogens (tertiary/aromatic N) is 3. The fourth-order valence-electron chi connectivity index (χ4n) is 3.61. The Bertz CT molecular complexity index is 1170. The highest BCUT2D eigenvalue weighted by atomic mass is 19.1. The minimum Gasteiger partial charge on any atom is -0.494 e. The number of ether oxygens (including phenoxy) is 1. The molecule has 0 saturated carbocycles. The van der Waals surface area contributed by atoms with Crippen molar-refractivity contribution in [3.8, 4) is 11.8 Å². The van der Waals surface area contributed by atoms with Crippen molar-refractivity contribution < 1.29 is 18.7 Å². The Kier molecular flexibility index (Phi) is 10.2. The first-order chi connectivity index (χ1) is 16.8. The number of methoxy groups -OCH3 is 1. The quantitative estimate of drug-likeness (QED) is 0.281. The maximum atomic E-state index is 14.5. The molecule has 0 fully saturated rings. The van der Waals surface area contributed by atoms with E-state index < -0.39 is 5.82 Å². The molecule has 2 aromatic rings. The van der Waals surface area contributed by atoms with Crippen molar-refractivity contribution in [3.05, 3.63) is 71.1 Å². The molecular weight excluding hydrogens is 447 g/mol. The van der Waals surface area contributed by atoms with Crippen molar-refractivity contribution in [2.75, 3.05) is 50.6 Å². The Morgan fingerprint density at radius 2 is 2.00 bits per heavy atom. The second-order valence-corrected chi connectivity index (χ2v) is 7.77. The normalized spacial score (nSPS) is 11.6. The van der Waals surface area contributed by atoms with E-state index in [0.717, 1.165) is 12.0 Å². The highest BCUT2D eigenvalue weighted by molar-refractivity contribution is 5.99. The molecule has 2 aromatic carbocycles. The Hall–Kier alpha value is -3.96. The van der Waals surface area contributed by atoms with Crippen molar-refractivity contribution in [2.45, 2.75) is 13.8 Å². The van der Waals surface area contributed by atoms with Gasteiger partial charge in [-0.3, -0.25) is 4.79 Å². The van der Waals surface area contributed by atoms with Gasteiger partial charge in [0.15, 0.2) is 5.78 Å². The third-order valence-electron chi connectivity index (χ3n) is 5.57. The first-order valence-electron chi connectivity index (χ1n) is 11.1. The summed E-state index contributed by atoms with van der Waals surface area (Å²) in [6.07, 6.45) is 4.22. The number of halogens is 1. The predicted molar refractivity (Wildman–Crippen MR) is 137 cm³/mol. The van der Waals surface area contributed by atoms with E-state index >= 15 is 0 Å². The van der Waals surface area contributed by atoms with Gasteiger partial charge in [-0.25, -0.2) is 4.39 Å². The van der Waals surface area contributed by atoms with E-state index in [2.05, 4.69) is 5.32 Å². The van der Waals surface area contributed by atoms with E-state index in [0.29, 0.717) is 41.4 Å². The summed E-state index contributed by atoms with van der Waals surface area (Å²) in [7, 11) is 5.18. The number of Topliss-reactive ketones (excluding diaryl/α,β-unsaturated/α-hetero) is 1. The van der Waals surface area contributed by atoms with Crippen molar-refractivity contribution in [1.82, 2.24) is 5.32 Å². The summed E-state index contributed by atoms with van der Waals surface area (Å²) in [5.41, 5.74) is 2.92. The zero-order valence-electron chi connectivity index (χ0n) is 20.8. The van der Waals surface area contributed by atoms with Crippen LogP contribution in [0.1, 0.15) is 25.0 Å². The van der Waals surface area contributed by atoms with Crippen LogP contribution in [0.2, 0.25) is 0 Å². The second kappa shape index (κ2) is 13.1. The number of rotatable bonds is 12. The molecule has 0 unspecified atom stereocenters. The number of hydrogen-bond donors (Lipinski definition) is 1. The number of carbonyl (C=O) groups excluding carboxylic acids is 2. The average Bonchev–Trinajstić information content (AvgIpc) is 2.86. The maximum absolute atomic E-state index is 14.5. The molecule has 0 bridgehead atoms. The van der Waals surface area contributed by atoms with Crippen molar-refractivity contribution >= 4 is 29.1 Å². The number of benzene rings is 2. The third-order valence-corrected chi connectivity index (χ3v) is 5.57. The lowest BCUT2D eigenvalue weighted by atomic mass is 10.0. The van der Waals surface area contributed by atoms with E-state index in [1.165, 1.54) is 19.1 Å².